The van der Waals surface area contributed by atoms with Crippen LogP contribution in [0.5, 0.6) is 0 Å². The number of hydrogen-bond acceptors (Lipinski definition) is 3. The number of benzene rings is 7. The van der Waals surface area contributed by atoms with Crippen molar-refractivity contribution in [3.63, 3.8) is 0 Å². The van der Waals surface area contributed by atoms with Crippen LogP contribution in [0.4, 0.5) is 17.1 Å². The van der Waals surface area contributed by atoms with Crippen LogP contribution in [0, 0.1) is 0 Å². The lowest BCUT2D eigenvalue weighted by Gasteiger charge is -2.40. The molecule has 0 radical (unpaired) electrons. The second kappa shape index (κ2) is 11.4. The van der Waals surface area contributed by atoms with Gasteiger partial charge in [-0.05, 0) is 88.5 Å². The molecular weight excluding hydrogens is 633 g/mol. The molecule has 2 unspecified atom stereocenters. The van der Waals surface area contributed by atoms with E-state index in [1.807, 2.05) is 0 Å². The predicted molar refractivity (Wildman–Crippen MR) is 218 cm³/mol. The van der Waals surface area contributed by atoms with E-state index in [1.54, 1.807) is 0 Å². The maximum atomic E-state index is 5.29. The third-order valence-electron chi connectivity index (χ3n) is 11.1. The Labute approximate surface area is 302 Å². The molecule has 0 spiro atoms. The molecule has 1 aromatic heterocycles. The third kappa shape index (κ3) is 4.37. The zero-order valence-electron chi connectivity index (χ0n) is 28.4. The summed E-state index contributed by atoms with van der Waals surface area (Å²) in [6.45, 7) is 0. The molecular formula is C48H34N4. The zero-order chi connectivity index (χ0) is 34.2. The molecule has 0 amide bonds. The highest BCUT2D eigenvalue weighted by molar-refractivity contribution is 6.22. The standard InChI is InChI=1S/C48H34N4/c1-3-14-32(15-4-1)47-48(50-41-21-11-10-20-40(41)49-47)52-42-22-12-9-19-37(42)38-29-33(24-26-43(38)52)34-25-27-44-39(30-34)46-36-18-8-7-13-31(36)23-28-45(46)51(44)35-16-5-2-6-17-35/h1-25,27-30,43,48,50H,26H2. The number of nitrogens with one attached hydrogen (secondary N) is 1. The fraction of sp³-hybridized carbons (Fsp3) is 0.0625. The van der Waals surface area contributed by atoms with E-state index >= 15 is 0 Å². The van der Waals surface area contributed by atoms with Crippen molar-refractivity contribution in [3.05, 3.63) is 193 Å². The van der Waals surface area contributed by atoms with E-state index in [0.717, 1.165) is 29.1 Å². The van der Waals surface area contributed by atoms with Crippen LogP contribution in [0.2, 0.25) is 0 Å². The van der Waals surface area contributed by atoms with E-state index in [4.69, 9.17) is 4.99 Å². The van der Waals surface area contributed by atoms with Gasteiger partial charge in [-0.1, -0.05) is 121 Å². The van der Waals surface area contributed by atoms with Gasteiger partial charge in [0, 0.05) is 33.3 Å². The Morgan fingerprint density at radius 2 is 1.37 bits per heavy atom. The summed E-state index contributed by atoms with van der Waals surface area (Å²) >= 11 is 0. The minimum absolute atomic E-state index is 0.127. The summed E-state index contributed by atoms with van der Waals surface area (Å²) in [4.78, 5) is 7.86. The van der Waals surface area contributed by atoms with Crippen molar-refractivity contribution in [1.82, 2.24) is 4.57 Å². The molecule has 3 heterocycles. The molecule has 246 valence electrons. The lowest BCUT2D eigenvalue weighted by Crippen LogP contribution is -2.51. The molecule has 7 aromatic carbocycles. The fourth-order valence-electron chi connectivity index (χ4n) is 8.80. The van der Waals surface area contributed by atoms with Crippen LogP contribution >= 0.6 is 0 Å². The average Bonchev–Trinajstić information content (AvgIpc) is 3.73. The topological polar surface area (TPSA) is 32.6 Å². The van der Waals surface area contributed by atoms with Crippen LogP contribution in [0.1, 0.15) is 23.1 Å². The van der Waals surface area contributed by atoms with E-state index in [2.05, 4.69) is 191 Å². The van der Waals surface area contributed by atoms with Crippen molar-refractivity contribution >= 4 is 66.5 Å². The molecule has 0 saturated heterocycles. The third-order valence-corrected chi connectivity index (χ3v) is 11.1. The first-order valence-electron chi connectivity index (χ1n) is 18.1. The summed E-state index contributed by atoms with van der Waals surface area (Å²) in [7, 11) is 0. The van der Waals surface area contributed by atoms with Crippen molar-refractivity contribution in [2.75, 3.05) is 10.2 Å². The van der Waals surface area contributed by atoms with Crippen molar-refractivity contribution in [3.8, 4) is 5.69 Å². The summed E-state index contributed by atoms with van der Waals surface area (Å²) in [5.41, 5.74) is 14.2. The van der Waals surface area contributed by atoms with Crippen LogP contribution in [0.15, 0.2) is 181 Å². The minimum Gasteiger partial charge on any atom is -0.358 e. The number of nitrogens with zero attached hydrogens (tertiary/aromatic N) is 3. The summed E-state index contributed by atoms with van der Waals surface area (Å²) in [5.74, 6) is 0. The van der Waals surface area contributed by atoms with Gasteiger partial charge in [-0.3, -0.25) is 0 Å². The molecule has 2 atom stereocenters. The molecule has 3 aliphatic rings. The number of rotatable bonds is 4. The maximum Gasteiger partial charge on any atom is 0.144 e. The minimum atomic E-state index is -0.127. The fourth-order valence-corrected chi connectivity index (χ4v) is 8.80. The molecule has 4 nitrogen and oxygen atoms in total. The molecule has 0 bridgehead atoms. The van der Waals surface area contributed by atoms with E-state index in [-0.39, 0.29) is 12.2 Å². The Hall–Kier alpha value is -6.65. The van der Waals surface area contributed by atoms with E-state index in [0.29, 0.717) is 0 Å². The molecule has 4 heteroatoms. The van der Waals surface area contributed by atoms with Crippen molar-refractivity contribution in [2.45, 2.75) is 18.6 Å². The van der Waals surface area contributed by atoms with E-state index in [9.17, 15) is 0 Å². The Morgan fingerprint density at radius 1 is 0.615 bits per heavy atom. The van der Waals surface area contributed by atoms with Crippen LogP contribution < -0.4 is 10.2 Å². The number of anilines is 2. The van der Waals surface area contributed by atoms with E-state index in [1.165, 1.54) is 66.2 Å². The largest absolute Gasteiger partial charge is 0.358 e. The van der Waals surface area contributed by atoms with Crippen molar-refractivity contribution < 1.29 is 0 Å². The van der Waals surface area contributed by atoms with Gasteiger partial charge in [0.1, 0.15) is 6.17 Å². The number of fused-ring (bicyclic) bond motifs is 9. The number of allylic oxidation sites excluding steroid dienone is 2. The number of aliphatic imine (C=N–C) groups is 1. The predicted octanol–water partition coefficient (Wildman–Crippen LogP) is 11.6. The molecule has 0 saturated carbocycles. The average molecular weight is 667 g/mol. The number of hydrogen-bond donors (Lipinski definition) is 1. The van der Waals surface area contributed by atoms with Crippen molar-refractivity contribution in [1.29, 1.82) is 0 Å². The first kappa shape index (κ1) is 29.1. The van der Waals surface area contributed by atoms with E-state index < -0.39 is 0 Å². The number of para-hydroxylation sites is 4. The summed E-state index contributed by atoms with van der Waals surface area (Å²) in [6, 6.07) is 59.2. The molecule has 52 heavy (non-hydrogen) atoms. The second-order valence-corrected chi connectivity index (χ2v) is 13.9. The maximum absolute atomic E-state index is 5.29. The Kier molecular flexibility index (Phi) is 6.41. The summed E-state index contributed by atoms with van der Waals surface area (Å²) in [6.07, 6.45) is 5.65. The molecule has 11 rings (SSSR count). The lowest BCUT2D eigenvalue weighted by molar-refractivity contribution is 0.700. The van der Waals surface area contributed by atoms with Crippen LogP contribution in [0.3, 0.4) is 0 Å². The molecule has 1 aliphatic carbocycles. The molecule has 2 aliphatic heterocycles. The van der Waals surface area contributed by atoms with Gasteiger partial charge in [0.15, 0.2) is 0 Å². The monoisotopic (exact) mass is 666 g/mol. The van der Waals surface area contributed by atoms with Gasteiger partial charge >= 0.3 is 0 Å². The van der Waals surface area contributed by atoms with Crippen molar-refractivity contribution in [2.24, 2.45) is 4.99 Å². The number of aromatic nitrogens is 1. The first-order valence-corrected chi connectivity index (χ1v) is 18.1. The Morgan fingerprint density at radius 3 is 2.27 bits per heavy atom. The van der Waals surface area contributed by atoms with Crippen LogP contribution in [-0.4, -0.2) is 22.5 Å². The van der Waals surface area contributed by atoms with Gasteiger partial charge < -0.3 is 14.8 Å². The smallest absolute Gasteiger partial charge is 0.144 e. The van der Waals surface area contributed by atoms with Gasteiger partial charge in [0.25, 0.3) is 0 Å². The SMILES string of the molecule is C1=C(c2ccc3c(c2)c2c4ccccc4ccc2n3-c2ccccc2)C=C2c3ccccc3N(C3Nc4ccccc4N=C3c3ccccc3)C2C1. The van der Waals surface area contributed by atoms with Crippen LogP contribution in [0.25, 0.3) is 49.4 Å². The quantitative estimate of drug-likeness (QED) is 0.203. The van der Waals surface area contributed by atoms with Gasteiger partial charge in [-0.25, -0.2) is 4.99 Å². The van der Waals surface area contributed by atoms with Gasteiger partial charge in [0.05, 0.1) is 34.2 Å². The highest BCUT2D eigenvalue weighted by Crippen LogP contribution is 2.48. The Bertz CT molecular complexity index is 2810. The lowest BCUT2D eigenvalue weighted by atomic mass is 9.88. The van der Waals surface area contributed by atoms with Crippen LogP contribution in [-0.2, 0) is 0 Å². The highest BCUT2D eigenvalue weighted by Gasteiger charge is 2.42. The molecule has 0 fully saturated rings. The molecule has 8 aromatic rings. The second-order valence-electron chi connectivity index (χ2n) is 13.9. The normalized spacial score (nSPS) is 17.6. The summed E-state index contributed by atoms with van der Waals surface area (Å²) in [5, 5.41) is 9.03. The van der Waals surface area contributed by atoms with Gasteiger partial charge in [-0.15, -0.1) is 0 Å². The zero-order valence-corrected chi connectivity index (χ0v) is 28.4. The summed E-state index contributed by atoms with van der Waals surface area (Å²) < 4.78 is 2.41. The van der Waals surface area contributed by atoms with Gasteiger partial charge in [0.2, 0.25) is 0 Å². The molecule has 1 N–H and O–H groups in total. The van der Waals surface area contributed by atoms with Gasteiger partial charge in [-0.2, -0.15) is 0 Å². The first-order chi connectivity index (χ1) is 25.8. The Balaban J connectivity index is 1.05. The highest BCUT2D eigenvalue weighted by atomic mass is 15.3.